The van der Waals surface area contributed by atoms with Crippen molar-refractivity contribution in [3.8, 4) is 0 Å². The molecule has 1 aromatic heterocycles. The van der Waals surface area contributed by atoms with Gasteiger partial charge in [0.05, 0.1) is 11.5 Å². The lowest BCUT2D eigenvalue weighted by Gasteiger charge is -2.16. The Morgan fingerprint density at radius 3 is 2.76 bits per heavy atom. The zero-order valence-electron chi connectivity index (χ0n) is 11.7. The first kappa shape index (κ1) is 15.0. The van der Waals surface area contributed by atoms with Crippen LogP contribution in [0.2, 0.25) is 0 Å². The van der Waals surface area contributed by atoms with Gasteiger partial charge in [-0.15, -0.1) is 11.3 Å². The Balaban J connectivity index is 2.20. The fourth-order valence-corrected chi connectivity index (χ4v) is 2.71. The van der Waals surface area contributed by atoms with Crippen LogP contribution in [0.5, 0.6) is 0 Å². The molecule has 7 heteroatoms. The summed E-state index contributed by atoms with van der Waals surface area (Å²) >= 11 is 1.58. The molecule has 21 heavy (non-hydrogen) atoms. The number of nitrogens with one attached hydrogen (secondary N) is 1. The molecule has 0 saturated heterocycles. The number of carbonyl (C=O) groups is 1. The van der Waals surface area contributed by atoms with Gasteiger partial charge < -0.3 is 10.2 Å². The van der Waals surface area contributed by atoms with E-state index in [4.69, 9.17) is 0 Å². The van der Waals surface area contributed by atoms with Gasteiger partial charge in [0.15, 0.2) is 0 Å². The number of amides is 1. The Bertz CT molecular complexity index is 655. The SMILES string of the molecule is CNc1cc(C(=O)N(C)Cc2cccs2)ccc1[N+](=O)[O-]. The monoisotopic (exact) mass is 305 g/mol. The summed E-state index contributed by atoms with van der Waals surface area (Å²) in [6.45, 7) is 0.516. The van der Waals surface area contributed by atoms with Crippen molar-refractivity contribution in [3.63, 3.8) is 0 Å². The summed E-state index contributed by atoms with van der Waals surface area (Å²) < 4.78 is 0. The minimum Gasteiger partial charge on any atom is -0.383 e. The number of carbonyl (C=O) groups excluding carboxylic acids is 1. The number of hydrogen-bond acceptors (Lipinski definition) is 5. The Hall–Kier alpha value is -2.41. The van der Waals surface area contributed by atoms with Crippen LogP contribution in [0.1, 0.15) is 15.2 Å². The first-order valence-electron chi connectivity index (χ1n) is 6.27. The lowest BCUT2D eigenvalue weighted by atomic mass is 10.1. The minimum atomic E-state index is -0.477. The average molecular weight is 305 g/mol. The van der Waals surface area contributed by atoms with Gasteiger partial charge in [0, 0.05) is 30.6 Å². The van der Waals surface area contributed by atoms with Gasteiger partial charge in [0.1, 0.15) is 5.69 Å². The Morgan fingerprint density at radius 2 is 2.19 bits per heavy atom. The molecule has 2 rings (SSSR count). The van der Waals surface area contributed by atoms with Crippen molar-refractivity contribution in [2.24, 2.45) is 0 Å². The van der Waals surface area contributed by atoms with E-state index in [2.05, 4.69) is 5.32 Å². The van der Waals surface area contributed by atoms with E-state index in [0.717, 1.165) is 4.88 Å². The highest BCUT2D eigenvalue weighted by molar-refractivity contribution is 7.09. The van der Waals surface area contributed by atoms with Gasteiger partial charge >= 0.3 is 0 Å². The third-order valence-corrected chi connectivity index (χ3v) is 3.89. The molecule has 0 saturated carbocycles. The molecule has 0 spiro atoms. The van der Waals surface area contributed by atoms with Gasteiger partial charge in [0.2, 0.25) is 0 Å². The summed E-state index contributed by atoms with van der Waals surface area (Å²) in [6, 6.07) is 8.22. The largest absolute Gasteiger partial charge is 0.383 e. The number of benzene rings is 1. The summed E-state index contributed by atoms with van der Waals surface area (Å²) in [6.07, 6.45) is 0. The molecular weight excluding hydrogens is 290 g/mol. The molecule has 2 aromatic rings. The summed E-state index contributed by atoms with van der Waals surface area (Å²) in [7, 11) is 3.30. The maximum absolute atomic E-state index is 12.4. The van der Waals surface area contributed by atoms with Crippen LogP contribution in [0.15, 0.2) is 35.7 Å². The molecular formula is C14H15N3O3S. The standard InChI is InChI=1S/C14H15N3O3S/c1-15-12-8-10(5-6-13(12)17(19)20)14(18)16(2)9-11-4-3-7-21-11/h3-8,15H,9H2,1-2H3. The van der Waals surface area contributed by atoms with E-state index < -0.39 is 4.92 Å². The van der Waals surface area contributed by atoms with Crippen LogP contribution < -0.4 is 5.32 Å². The number of anilines is 1. The maximum Gasteiger partial charge on any atom is 0.292 e. The lowest BCUT2D eigenvalue weighted by Crippen LogP contribution is -2.25. The summed E-state index contributed by atoms with van der Waals surface area (Å²) in [5.74, 6) is -0.171. The highest BCUT2D eigenvalue weighted by Gasteiger charge is 2.18. The number of nitro groups is 1. The van der Waals surface area contributed by atoms with Crippen molar-refractivity contribution < 1.29 is 9.72 Å². The molecule has 0 radical (unpaired) electrons. The second-order valence-electron chi connectivity index (χ2n) is 4.48. The first-order valence-corrected chi connectivity index (χ1v) is 7.15. The quantitative estimate of drug-likeness (QED) is 0.680. The summed E-state index contributed by atoms with van der Waals surface area (Å²) in [5.41, 5.74) is 0.703. The van der Waals surface area contributed by atoms with Crippen LogP contribution in [-0.2, 0) is 6.54 Å². The van der Waals surface area contributed by atoms with E-state index in [9.17, 15) is 14.9 Å². The number of rotatable bonds is 5. The minimum absolute atomic E-state index is 0.0463. The van der Waals surface area contributed by atoms with Crippen molar-refractivity contribution in [2.45, 2.75) is 6.54 Å². The third kappa shape index (κ3) is 3.38. The van der Waals surface area contributed by atoms with Gasteiger partial charge in [-0.3, -0.25) is 14.9 Å². The van der Waals surface area contributed by atoms with Crippen LogP contribution in [0.4, 0.5) is 11.4 Å². The Morgan fingerprint density at radius 1 is 1.43 bits per heavy atom. The Kier molecular flexibility index (Phi) is 4.54. The molecule has 0 aliphatic heterocycles. The van der Waals surface area contributed by atoms with Crippen LogP contribution >= 0.6 is 11.3 Å². The molecule has 110 valence electrons. The van der Waals surface area contributed by atoms with E-state index in [1.807, 2.05) is 17.5 Å². The third-order valence-electron chi connectivity index (χ3n) is 3.03. The maximum atomic E-state index is 12.4. The fourth-order valence-electron chi connectivity index (χ4n) is 1.96. The predicted octanol–water partition coefficient (Wildman–Crippen LogP) is 2.97. The Labute approximate surface area is 126 Å². The van der Waals surface area contributed by atoms with E-state index in [1.54, 1.807) is 30.3 Å². The van der Waals surface area contributed by atoms with E-state index >= 15 is 0 Å². The van der Waals surface area contributed by atoms with Crippen molar-refractivity contribution in [1.29, 1.82) is 0 Å². The van der Waals surface area contributed by atoms with Gasteiger partial charge in [-0.25, -0.2) is 0 Å². The average Bonchev–Trinajstić information content (AvgIpc) is 2.98. The molecule has 0 fully saturated rings. The number of nitro benzene ring substituents is 1. The molecule has 0 atom stereocenters. The zero-order valence-corrected chi connectivity index (χ0v) is 12.5. The zero-order chi connectivity index (χ0) is 15.4. The van der Waals surface area contributed by atoms with Crippen LogP contribution in [0.25, 0.3) is 0 Å². The molecule has 0 aliphatic rings. The van der Waals surface area contributed by atoms with Gasteiger partial charge in [-0.2, -0.15) is 0 Å². The van der Waals surface area contributed by atoms with Gasteiger partial charge in [-0.05, 0) is 23.6 Å². The molecule has 0 aliphatic carbocycles. The highest BCUT2D eigenvalue weighted by Crippen LogP contribution is 2.25. The predicted molar refractivity (Wildman–Crippen MR) is 82.8 cm³/mol. The van der Waals surface area contributed by atoms with Gasteiger partial charge in [-0.1, -0.05) is 6.07 Å². The number of nitrogens with zero attached hydrogens (tertiary/aromatic N) is 2. The van der Waals surface area contributed by atoms with E-state index in [-0.39, 0.29) is 11.6 Å². The molecule has 0 bridgehead atoms. The highest BCUT2D eigenvalue weighted by atomic mass is 32.1. The molecule has 6 nitrogen and oxygen atoms in total. The van der Waals surface area contributed by atoms with Crippen molar-refractivity contribution in [3.05, 3.63) is 56.3 Å². The smallest absolute Gasteiger partial charge is 0.292 e. The topological polar surface area (TPSA) is 75.5 Å². The summed E-state index contributed by atoms with van der Waals surface area (Å²) in [5, 5.41) is 15.6. The first-order chi connectivity index (χ1) is 10.0. The van der Waals surface area contributed by atoms with Crippen molar-refractivity contribution >= 4 is 28.6 Å². The number of thiophene rings is 1. The molecule has 1 heterocycles. The van der Waals surface area contributed by atoms with Crippen molar-refractivity contribution in [1.82, 2.24) is 4.90 Å². The van der Waals surface area contributed by atoms with Crippen LogP contribution in [-0.4, -0.2) is 29.8 Å². The van der Waals surface area contributed by atoms with Crippen LogP contribution in [0, 0.1) is 10.1 Å². The van der Waals surface area contributed by atoms with E-state index in [0.29, 0.717) is 17.8 Å². The number of hydrogen-bond donors (Lipinski definition) is 1. The lowest BCUT2D eigenvalue weighted by molar-refractivity contribution is -0.383. The van der Waals surface area contributed by atoms with Gasteiger partial charge in [0.25, 0.3) is 11.6 Å². The van der Waals surface area contributed by atoms with Crippen molar-refractivity contribution in [2.75, 3.05) is 19.4 Å². The molecule has 1 N–H and O–H groups in total. The molecule has 1 amide bonds. The molecule has 0 unspecified atom stereocenters. The summed E-state index contributed by atoms with van der Waals surface area (Å²) in [4.78, 5) is 25.4. The van der Waals surface area contributed by atoms with E-state index in [1.165, 1.54) is 18.2 Å². The normalized spacial score (nSPS) is 10.2. The fraction of sp³-hybridized carbons (Fsp3) is 0.214. The van der Waals surface area contributed by atoms with Crippen LogP contribution in [0.3, 0.4) is 0 Å². The molecule has 1 aromatic carbocycles. The second-order valence-corrected chi connectivity index (χ2v) is 5.51. The second kappa shape index (κ2) is 6.36.